The molecule has 1 amide bonds. The van der Waals surface area contributed by atoms with Crippen LogP contribution in [0.5, 0.6) is 0 Å². The van der Waals surface area contributed by atoms with Crippen molar-refractivity contribution in [3.63, 3.8) is 0 Å². The Bertz CT molecular complexity index is 568. The van der Waals surface area contributed by atoms with E-state index in [9.17, 15) is 4.79 Å². The Kier molecular flexibility index (Phi) is 3.52. The van der Waals surface area contributed by atoms with Crippen LogP contribution < -0.4 is 11.1 Å². The normalized spacial score (nSPS) is 10.1. The molecule has 5 nitrogen and oxygen atoms in total. The van der Waals surface area contributed by atoms with Crippen molar-refractivity contribution in [3.8, 4) is 0 Å². The first-order valence-corrected chi connectivity index (χ1v) is 5.56. The molecule has 0 radical (unpaired) electrons. The molecule has 2 aromatic heterocycles. The molecule has 0 aliphatic heterocycles. The van der Waals surface area contributed by atoms with Gasteiger partial charge in [0, 0.05) is 30.8 Å². The summed E-state index contributed by atoms with van der Waals surface area (Å²) in [5, 5.41) is 3.22. The molecular weight excluding hydrogens is 228 g/mol. The number of aryl methyl sites for hydroxylation is 1. The summed E-state index contributed by atoms with van der Waals surface area (Å²) in [4.78, 5) is 18.9. The van der Waals surface area contributed by atoms with Crippen molar-refractivity contribution < 1.29 is 4.79 Å². The van der Waals surface area contributed by atoms with Crippen LogP contribution >= 0.6 is 0 Å². The molecule has 0 aliphatic rings. The van der Waals surface area contributed by atoms with Crippen LogP contribution in [-0.4, -0.2) is 15.9 Å². The second-order valence-corrected chi connectivity index (χ2v) is 3.95. The van der Waals surface area contributed by atoms with Gasteiger partial charge in [-0.25, -0.2) is 0 Å². The van der Waals surface area contributed by atoms with Gasteiger partial charge in [0.2, 0.25) is 0 Å². The first-order valence-electron chi connectivity index (χ1n) is 5.56. The van der Waals surface area contributed by atoms with Crippen molar-refractivity contribution >= 4 is 11.6 Å². The number of anilines is 1. The first-order chi connectivity index (χ1) is 8.66. The average Bonchev–Trinajstić information content (AvgIpc) is 2.38. The molecule has 0 spiro atoms. The van der Waals surface area contributed by atoms with Crippen molar-refractivity contribution in [1.29, 1.82) is 0 Å². The van der Waals surface area contributed by atoms with Gasteiger partial charge in [0.15, 0.2) is 0 Å². The van der Waals surface area contributed by atoms with Gasteiger partial charge in [0.1, 0.15) is 5.69 Å². The Balaban J connectivity index is 2.09. The van der Waals surface area contributed by atoms with E-state index in [1.54, 1.807) is 24.5 Å². The minimum Gasteiger partial charge on any atom is -0.381 e. The van der Waals surface area contributed by atoms with Gasteiger partial charge in [0.25, 0.3) is 5.91 Å². The van der Waals surface area contributed by atoms with Crippen LogP contribution in [0.1, 0.15) is 21.6 Å². The molecule has 92 valence electrons. The van der Waals surface area contributed by atoms with E-state index in [1.165, 1.54) is 0 Å². The molecule has 0 bridgehead atoms. The Labute approximate surface area is 105 Å². The molecule has 0 aromatic carbocycles. The fraction of sp³-hybridized carbons (Fsp3) is 0.154. The van der Waals surface area contributed by atoms with Gasteiger partial charge in [-0.1, -0.05) is 0 Å². The summed E-state index contributed by atoms with van der Waals surface area (Å²) in [5.41, 5.74) is 8.52. The van der Waals surface area contributed by atoms with Gasteiger partial charge in [-0.05, 0) is 36.2 Å². The van der Waals surface area contributed by atoms with E-state index in [2.05, 4.69) is 15.3 Å². The van der Waals surface area contributed by atoms with Crippen LogP contribution in [0.4, 0.5) is 5.69 Å². The molecule has 2 heterocycles. The van der Waals surface area contributed by atoms with Crippen LogP contribution in [0.25, 0.3) is 0 Å². The van der Waals surface area contributed by atoms with E-state index in [-0.39, 0.29) is 5.69 Å². The molecule has 0 unspecified atom stereocenters. The summed E-state index contributed by atoms with van der Waals surface area (Å²) in [6, 6.07) is 5.39. The molecule has 18 heavy (non-hydrogen) atoms. The summed E-state index contributed by atoms with van der Waals surface area (Å²) < 4.78 is 0. The molecule has 2 rings (SSSR count). The zero-order valence-corrected chi connectivity index (χ0v) is 10.1. The van der Waals surface area contributed by atoms with Gasteiger partial charge in [-0.15, -0.1) is 0 Å². The molecule has 3 N–H and O–H groups in total. The number of primary amides is 1. The van der Waals surface area contributed by atoms with Crippen molar-refractivity contribution in [1.82, 2.24) is 9.97 Å². The molecule has 0 aliphatic carbocycles. The highest BCUT2D eigenvalue weighted by atomic mass is 16.1. The number of nitrogens with one attached hydrogen (secondary N) is 1. The maximum Gasteiger partial charge on any atom is 0.267 e. The van der Waals surface area contributed by atoms with E-state index in [0.717, 1.165) is 16.8 Å². The highest BCUT2D eigenvalue weighted by Gasteiger charge is 2.03. The molecule has 2 aromatic rings. The lowest BCUT2D eigenvalue weighted by Gasteiger charge is -2.08. The molecule has 0 saturated carbocycles. The summed E-state index contributed by atoms with van der Waals surface area (Å²) in [6.07, 6.45) is 5.13. The fourth-order valence-electron chi connectivity index (χ4n) is 1.57. The SMILES string of the molecule is Cc1cnccc1CNc1ccnc(C(N)=O)c1. The van der Waals surface area contributed by atoms with Crippen LogP contribution in [0.15, 0.2) is 36.8 Å². The van der Waals surface area contributed by atoms with E-state index in [4.69, 9.17) is 5.73 Å². The van der Waals surface area contributed by atoms with Crippen LogP contribution in [0.2, 0.25) is 0 Å². The van der Waals surface area contributed by atoms with Crippen molar-refractivity contribution in [2.75, 3.05) is 5.32 Å². The Morgan fingerprint density at radius 3 is 2.94 bits per heavy atom. The molecule has 0 atom stereocenters. The standard InChI is InChI=1S/C13H14N4O/c1-9-7-15-4-2-10(9)8-17-11-3-5-16-12(6-11)13(14)18/h2-7H,8H2,1H3,(H2,14,18)(H,16,17). The minimum absolute atomic E-state index is 0.256. The second kappa shape index (κ2) is 5.27. The van der Waals surface area contributed by atoms with E-state index in [1.807, 2.05) is 19.2 Å². The van der Waals surface area contributed by atoms with Gasteiger partial charge in [-0.3, -0.25) is 14.8 Å². The Morgan fingerprint density at radius 1 is 1.39 bits per heavy atom. The molecular formula is C13H14N4O. The van der Waals surface area contributed by atoms with Crippen LogP contribution in [-0.2, 0) is 6.54 Å². The van der Waals surface area contributed by atoms with Crippen molar-refractivity contribution in [2.24, 2.45) is 5.73 Å². The quantitative estimate of drug-likeness (QED) is 0.851. The molecule has 0 saturated heterocycles. The lowest BCUT2D eigenvalue weighted by Crippen LogP contribution is -2.13. The van der Waals surface area contributed by atoms with E-state index in [0.29, 0.717) is 6.54 Å². The number of hydrogen-bond acceptors (Lipinski definition) is 4. The van der Waals surface area contributed by atoms with Gasteiger partial charge < -0.3 is 11.1 Å². The number of rotatable bonds is 4. The zero-order valence-electron chi connectivity index (χ0n) is 10.1. The third kappa shape index (κ3) is 2.82. The Hall–Kier alpha value is -2.43. The summed E-state index contributed by atoms with van der Waals surface area (Å²) in [5.74, 6) is -0.529. The number of nitrogens with two attached hydrogens (primary N) is 1. The van der Waals surface area contributed by atoms with Crippen LogP contribution in [0.3, 0.4) is 0 Å². The largest absolute Gasteiger partial charge is 0.381 e. The highest BCUT2D eigenvalue weighted by Crippen LogP contribution is 2.11. The van der Waals surface area contributed by atoms with E-state index >= 15 is 0 Å². The van der Waals surface area contributed by atoms with Gasteiger partial charge in [-0.2, -0.15) is 0 Å². The summed E-state index contributed by atoms with van der Waals surface area (Å²) >= 11 is 0. The molecule has 5 heteroatoms. The number of pyridine rings is 2. The van der Waals surface area contributed by atoms with Gasteiger partial charge >= 0.3 is 0 Å². The zero-order chi connectivity index (χ0) is 13.0. The third-order valence-electron chi connectivity index (χ3n) is 2.63. The summed E-state index contributed by atoms with van der Waals surface area (Å²) in [7, 11) is 0. The fourth-order valence-corrected chi connectivity index (χ4v) is 1.57. The molecule has 0 fully saturated rings. The first kappa shape index (κ1) is 12.0. The number of amides is 1. The monoisotopic (exact) mass is 242 g/mol. The van der Waals surface area contributed by atoms with Gasteiger partial charge in [0.05, 0.1) is 0 Å². The number of carbonyl (C=O) groups is 1. The number of carbonyl (C=O) groups excluding carboxylic acids is 1. The summed E-state index contributed by atoms with van der Waals surface area (Å²) in [6.45, 7) is 2.67. The lowest BCUT2D eigenvalue weighted by atomic mass is 10.1. The van der Waals surface area contributed by atoms with Crippen molar-refractivity contribution in [2.45, 2.75) is 13.5 Å². The number of hydrogen-bond donors (Lipinski definition) is 2. The predicted octanol–water partition coefficient (Wildman–Crippen LogP) is 1.50. The van der Waals surface area contributed by atoms with Crippen molar-refractivity contribution in [3.05, 3.63) is 53.6 Å². The number of aromatic nitrogens is 2. The third-order valence-corrected chi connectivity index (χ3v) is 2.63. The van der Waals surface area contributed by atoms with Crippen LogP contribution in [0, 0.1) is 6.92 Å². The number of nitrogens with zero attached hydrogens (tertiary/aromatic N) is 2. The maximum absolute atomic E-state index is 11.0. The topological polar surface area (TPSA) is 80.9 Å². The average molecular weight is 242 g/mol. The maximum atomic E-state index is 11.0. The lowest BCUT2D eigenvalue weighted by molar-refractivity contribution is 0.0995. The second-order valence-electron chi connectivity index (χ2n) is 3.95. The highest BCUT2D eigenvalue weighted by molar-refractivity contribution is 5.91. The van der Waals surface area contributed by atoms with E-state index < -0.39 is 5.91 Å². The predicted molar refractivity (Wildman–Crippen MR) is 69.1 cm³/mol. The Morgan fingerprint density at radius 2 is 2.22 bits per heavy atom. The minimum atomic E-state index is -0.529. The smallest absolute Gasteiger partial charge is 0.267 e.